The number of halogens is 1. The maximum atomic E-state index is 6.60. The second-order valence-electron chi connectivity index (χ2n) is 3.99. The topological polar surface area (TPSA) is 26.0 Å². The molecule has 0 bridgehead atoms. The maximum Gasteiger partial charge on any atom is 0.0916 e. The molecular formula is C14H14ClN. The quantitative estimate of drug-likeness (QED) is 0.618. The van der Waals surface area contributed by atoms with E-state index in [2.05, 4.69) is 0 Å². The van der Waals surface area contributed by atoms with Crippen molar-refractivity contribution in [2.75, 3.05) is 5.73 Å². The number of nitrogen functional groups attached to an aromatic ring is 1. The minimum Gasteiger partial charge on any atom is -0.399 e. The Kier molecular flexibility index (Phi) is 2.88. The van der Waals surface area contributed by atoms with Crippen LogP contribution in [0.4, 0.5) is 5.69 Å². The van der Waals surface area contributed by atoms with Crippen LogP contribution in [0.3, 0.4) is 0 Å². The molecule has 2 rings (SSSR count). The van der Waals surface area contributed by atoms with E-state index in [1.165, 1.54) is 0 Å². The van der Waals surface area contributed by atoms with Crippen molar-refractivity contribution < 1.29 is 0 Å². The van der Waals surface area contributed by atoms with Crippen LogP contribution in [0.2, 0.25) is 0 Å². The number of benzene rings is 2. The van der Waals surface area contributed by atoms with Crippen LogP contribution in [-0.4, -0.2) is 0 Å². The number of alkyl halides is 1. The normalized spacial score (nSPS) is 14.4. The van der Waals surface area contributed by atoms with Gasteiger partial charge in [0.25, 0.3) is 0 Å². The van der Waals surface area contributed by atoms with Crippen LogP contribution < -0.4 is 5.73 Å². The highest BCUT2D eigenvalue weighted by molar-refractivity contribution is 6.25. The van der Waals surface area contributed by atoms with Crippen LogP contribution in [-0.2, 0) is 4.87 Å². The summed E-state index contributed by atoms with van der Waals surface area (Å²) in [7, 11) is 0. The largest absolute Gasteiger partial charge is 0.399 e. The van der Waals surface area contributed by atoms with Crippen molar-refractivity contribution in [3.8, 4) is 0 Å². The zero-order chi connectivity index (χ0) is 11.6. The summed E-state index contributed by atoms with van der Waals surface area (Å²) in [5, 5.41) is 0. The first-order valence-electron chi connectivity index (χ1n) is 5.21. The van der Waals surface area contributed by atoms with E-state index in [4.69, 9.17) is 17.3 Å². The van der Waals surface area contributed by atoms with E-state index in [0.29, 0.717) is 0 Å². The molecule has 0 saturated heterocycles. The monoisotopic (exact) mass is 231 g/mol. The lowest BCUT2D eigenvalue weighted by molar-refractivity contribution is 0.823. The average Bonchev–Trinajstić information content (AvgIpc) is 2.31. The lowest BCUT2D eigenvalue weighted by Crippen LogP contribution is -2.15. The molecule has 1 unspecified atom stereocenters. The lowest BCUT2D eigenvalue weighted by Gasteiger charge is -2.23. The molecule has 0 spiro atoms. The molecule has 0 amide bonds. The van der Waals surface area contributed by atoms with Crippen LogP contribution in [0.1, 0.15) is 18.1 Å². The fourth-order valence-electron chi connectivity index (χ4n) is 1.71. The summed E-state index contributed by atoms with van der Waals surface area (Å²) in [4.78, 5) is -0.505. The summed E-state index contributed by atoms with van der Waals surface area (Å²) in [5.41, 5.74) is 8.55. The summed E-state index contributed by atoms with van der Waals surface area (Å²) >= 11 is 6.60. The van der Waals surface area contributed by atoms with Gasteiger partial charge in [-0.2, -0.15) is 0 Å². The van der Waals surface area contributed by atoms with E-state index in [-0.39, 0.29) is 0 Å². The second kappa shape index (κ2) is 4.18. The predicted molar refractivity (Wildman–Crippen MR) is 69.6 cm³/mol. The fourth-order valence-corrected chi connectivity index (χ4v) is 1.97. The molecule has 2 heteroatoms. The van der Waals surface area contributed by atoms with E-state index in [1.807, 2.05) is 61.5 Å². The van der Waals surface area contributed by atoms with Gasteiger partial charge in [0, 0.05) is 5.69 Å². The molecule has 0 saturated carbocycles. The first-order chi connectivity index (χ1) is 7.60. The van der Waals surface area contributed by atoms with E-state index < -0.39 is 4.87 Å². The molecule has 0 aliphatic carbocycles. The van der Waals surface area contributed by atoms with Crippen LogP contribution in [0.25, 0.3) is 0 Å². The standard InChI is InChI=1S/C14H14ClN/c1-14(15,11-5-3-2-4-6-11)12-7-9-13(16)10-8-12/h2-10H,16H2,1H3. The molecule has 1 atom stereocenters. The Labute approximate surface area is 101 Å². The Balaban J connectivity index is 2.43. The van der Waals surface area contributed by atoms with Crippen LogP contribution in [0, 0.1) is 0 Å². The van der Waals surface area contributed by atoms with Gasteiger partial charge >= 0.3 is 0 Å². The maximum absolute atomic E-state index is 6.60. The Morgan fingerprint density at radius 3 is 1.94 bits per heavy atom. The van der Waals surface area contributed by atoms with Gasteiger partial charge in [0.15, 0.2) is 0 Å². The second-order valence-corrected chi connectivity index (χ2v) is 4.75. The summed E-state index contributed by atoms with van der Waals surface area (Å²) in [6, 6.07) is 17.7. The molecular weight excluding hydrogens is 218 g/mol. The molecule has 0 aromatic heterocycles. The molecule has 2 aromatic carbocycles. The van der Waals surface area contributed by atoms with Gasteiger partial charge in [0.05, 0.1) is 4.87 Å². The van der Waals surface area contributed by atoms with Crippen LogP contribution >= 0.6 is 11.6 Å². The Hall–Kier alpha value is -1.47. The van der Waals surface area contributed by atoms with Gasteiger partial charge < -0.3 is 5.73 Å². The molecule has 82 valence electrons. The smallest absolute Gasteiger partial charge is 0.0916 e. The van der Waals surface area contributed by atoms with E-state index in [9.17, 15) is 0 Å². The van der Waals surface area contributed by atoms with Gasteiger partial charge in [-0.25, -0.2) is 0 Å². The van der Waals surface area contributed by atoms with Gasteiger partial charge in [0.2, 0.25) is 0 Å². The molecule has 0 radical (unpaired) electrons. The van der Waals surface area contributed by atoms with E-state index >= 15 is 0 Å². The summed E-state index contributed by atoms with van der Waals surface area (Å²) < 4.78 is 0. The summed E-state index contributed by atoms with van der Waals surface area (Å²) in [6.07, 6.45) is 0. The molecule has 2 aromatic rings. The number of anilines is 1. The van der Waals surface area contributed by atoms with Gasteiger partial charge in [-0.15, -0.1) is 11.6 Å². The van der Waals surface area contributed by atoms with Crippen molar-refractivity contribution in [1.82, 2.24) is 0 Å². The Bertz CT molecular complexity index is 460. The number of hydrogen-bond acceptors (Lipinski definition) is 1. The lowest BCUT2D eigenvalue weighted by atomic mass is 9.92. The molecule has 16 heavy (non-hydrogen) atoms. The highest BCUT2D eigenvalue weighted by Gasteiger charge is 2.25. The number of rotatable bonds is 2. The van der Waals surface area contributed by atoms with Crippen LogP contribution in [0.15, 0.2) is 54.6 Å². The Morgan fingerprint density at radius 1 is 0.875 bits per heavy atom. The third-order valence-electron chi connectivity index (χ3n) is 2.77. The fraction of sp³-hybridized carbons (Fsp3) is 0.143. The van der Waals surface area contributed by atoms with Crippen molar-refractivity contribution in [3.05, 3.63) is 65.7 Å². The van der Waals surface area contributed by atoms with Crippen molar-refractivity contribution in [1.29, 1.82) is 0 Å². The van der Waals surface area contributed by atoms with E-state index in [0.717, 1.165) is 16.8 Å². The van der Waals surface area contributed by atoms with Crippen molar-refractivity contribution in [3.63, 3.8) is 0 Å². The summed E-state index contributed by atoms with van der Waals surface area (Å²) in [6.45, 7) is 2.00. The van der Waals surface area contributed by atoms with Gasteiger partial charge in [-0.3, -0.25) is 0 Å². The van der Waals surface area contributed by atoms with Crippen LogP contribution in [0.5, 0.6) is 0 Å². The first-order valence-corrected chi connectivity index (χ1v) is 5.59. The zero-order valence-electron chi connectivity index (χ0n) is 9.15. The molecule has 0 aliphatic heterocycles. The molecule has 0 fully saturated rings. The molecule has 2 N–H and O–H groups in total. The number of nitrogens with two attached hydrogens (primary N) is 1. The third-order valence-corrected chi connectivity index (χ3v) is 3.21. The van der Waals surface area contributed by atoms with Gasteiger partial charge in [0.1, 0.15) is 0 Å². The number of hydrogen-bond donors (Lipinski definition) is 1. The first kappa shape index (κ1) is 11.0. The predicted octanol–water partition coefficient (Wildman–Crippen LogP) is 3.77. The van der Waals surface area contributed by atoms with E-state index in [1.54, 1.807) is 0 Å². The minimum atomic E-state index is -0.505. The SMILES string of the molecule is CC(Cl)(c1ccccc1)c1ccc(N)cc1. The summed E-state index contributed by atoms with van der Waals surface area (Å²) in [5.74, 6) is 0. The van der Waals surface area contributed by atoms with Gasteiger partial charge in [-0.1, -0.05) is 42.5 Å². The third kappa shape index (κ3) is 2.05. The molecule has 1 nitrogen and oxygen atoms in total. The minimum absolute atomic E-state index is 0.505. The van der Waals surface area contributed by atoms with Crippen molar-refractivity contribution in [2.45, 2.75) is 11.8 Å². The molecule has 0 heterocycles. The van der Waals surface area contributed by atoms with Gasteiger partial charge in [-0.05, 0) is 30.2 Å². The zero-order valence-corrected chi connectivity index (χ0v) is 9.91. The molecule has 0 aliphatic rings. The Morgan fingerprint density at radius 2 is 1.38 bits per heavy atom. The van der Waals surface area contributed by atoms with Crippen molar-refractivity contribution in [2.24, 2.45) is 0 Å². The highest BCUT2D eigenvalue weighted by Crippen LogP contribution is 2.36. The highest BCUT2D eigenvalue weighted by atomic mass is 35.5. The van der Waals surface area contributed by atoms with Crippen molar-refractivity contribution >= 4 is 17.3 Å². The average molecular weight is 232 g/mol.